The standard InChI is InChI=1S/C57H106O6/c1-4-7-10-13-16-19-22-25-26-27-28-29-30-33-35-38-41-44-47-50-56(59)62-53-54(63-57(60)51-48-45-42-39-36-32-24-21-18-15-12-9-6-3)52-61-55(58)49-46-43-40-37-34-31-23-20-17-14-11-8-5-2/h31-32,34,36,54H,4-30,33,35,37-53H2,1-3H3/b34-31-,36-32-. The molecule has 6 nitrogen and oxygen atoms in total. The first-order valence-electron chi connectivity index (χ1n) is 27.8. The van der Waals surface area contributed by atoms with Crippen molar-refractivity contribution in [1.29, 1.82) is 0 Å². The van der Waals surface area contributed by atoms with Gasteiger partial charge in [0.15, 0.2) is 6.10 Å². The summed E-state index contributed by atoms with van der Waals surface area (Å²) < 4.78 is 16.8. The molecule has 0 aromatic carbocycles. The van der Waals surface area contributed by atoms with E-state index in [1.54, 1.807) is 0 Å². The Labute approximate surface area is 392 Å². The second-order valence-electron chi connectivity index (χ2n) is 18.8. The molecule has 370 valence electrons. The van der Waals surface area contributed by atoms with Gasteiger partial charge < -0.3 is 14.2 Å². The Kier molecular flexibility index (Phi) is 50.8. The molecular weight excluding hydrogens is 781 g/mol. The summed E-state index contributed by atoms with van der Waals surface area (Å²) in [6.45, 7) is 6.64. The van der Waals surface area contributed by atoms with Crippen LogP contribution >= 0.6 is 0 Å². The largest absolute Gasteiger partial charge is 0.462 e. The summed E-state index contributed by atoms with van der Waals surface area (Å²) in [6.07, 6.45) is 60.3. The number of carbonyl (C=O) groups is 3. The fourth-order valence-corrected chi connectivity index (χ4v) is 8.20. The quantitative estimate of drug-likeness (QED) is 0.0262. The molecule has 63 heavy (non-hydrogen) atoms. The molecule has 0 bridgehead atoms. The second kappa shape index (κ2) is 52.5. The van der Waals surface area contributed by atoms with Crippen molar-refractivity contribution in [3.8, 4) is 0 Å². The van der Waals surface area contributed by atoms with Crippen LogP contribution in [0.5, 0.6) is 0 Å². The normalized spacial score (nSPS) is 12.1. The van der Waals surface area contributed by atoms with Gasteiger partial charge in [0, 0.05) is 19.3 Å². The highest BCUT2D eigenvalue weighted by atomic mass is 16.6. The summed E-state index contributed by atoms with van der Waals surface area (Å²) in [5, 5.41) is 0. The molecule has 0 spiro atoms. The van der Waals surface area contributed by atoms with Crippen molar-refractivity contribution in [3.05, 3.63) is 24.3 Å². The predicted octanol–water partition coefficient (Wildman–Crippen LogP) is 18.3. The Hall–Kier alpha value is -2.11. The monoisotopic (exact) mass is 887 g/mol. The number of esters is 3. The third-order valence-electron chi connectivity index (χ3n) is 12.4. The maximum absolute atomic E-state index is 12.8. The van der Waals surface area contributed by atoms with Crippen molar-refractivity contribution < 1.29 is 28.6 Å². The fourth-order valence-electron chi connectivity index (χ4n) is 8.20. The molecule has 0 aliphatic heterocycles. The van der Waals surface area contributed by atoms with Crippen molar-refractivity contribution >= 4 is 17.9 Å². The summed E-state index contributed by atoms with van der Waals surface area (Å²) in [5.74, 6) is -0.895. The molecule has 0 aromatic rings. The number of rotatable bonds is 51. The average molecular weight is 887 g/mol. The number of allylic oxidation sites excluding steroid dienone is 4. The van der Waals surface area contributed by atoms with Crippen molar-refractivity contribution in [1.82, 2.24) is 0 Å². The lowest BCUT2D eigenvalue weighted by atomic mass is 10.0. The number of unbranched alkanes of at least 4 members (excludes halogenated alkanes) is 36. The van der Waals surface area contributed by atoms with Gasteiger partial charge in [0.05, 0.1) is 0 Å². The highest BCUT2D eigenvalue weighted by Crippen LogP contribution is 2.16. The van der Waals surface area contributed by atoms with Crippen LogP contribution in [0.2, 0.25) is 0 Å². The minimum Gasteiger partial charge on any atom is -0.462 e. The minimum atomic E-state index is -0.780. The van der Waals surface area contributed by atoms with E-state index >= 15 is 0 Å². The number of carbonyl (C=O) groups excluding carboxylic acids is 3. The van der Waals surface area contributed by atoms with E-state index in [9.17, 15) is 14.4 Å². The van der Waals surface area contributed by atoms with Gasteiger partial charge in [-0.15, -0.1) is 0 Å². The summed E-state index contributed by atoms with van der Waals surface area (Å²) in [6, 6.07) is 0. The molecular formula is C57H106O6. The molecule has 0 aliphatic carbocycles. The van der Waals surface area contributed by atoms with Gasteiger partial charge in [0.25, 0.3) is 0 Å². The summed E-state index contributed by atoms with van der Waals surface area (Å²) in [7, 11) is 0. The number of ether oxygens (including phenoxy) is 3. The van der Waals surface area contributed by atoms with E-state index in [0.717, 1.165) is 83.5 Å². The van der Waals surface area contributed by atoms with Crippen LogP contribution in [0.15, 0.2) is 24.3 Å². The van der Waals surface area contributed by atoms with E-state index in [1.807, 2.05) is 0 Å². The van der Waals surface area contributed by atoms with Crippen molar-refractivity contribution in [2.75, 3.05) is 13.2 Å². The zero-order chi connectivity index (χ0) is 45.8. The van der Waals surface area contributed by atoms with Gasteiger partial charge in [-0.2, -0.15) is 0 Å². The van der Waals surface area contributed by atoms with Crippen LogP contribution in [0.4, 0.5) is 0 Å². The Bertz CT molecular complexity index is 1020. The van der Waals surface area contributed by atoms with E-state index in [2.05, 4.69) is 45.1 Å². The van der Waals surface area contributed by atoms with E-state index in [4.69, 9.17) is 14.2 Å². The minimum absolute atomic E-state index is 0.0779. The van der Waals surface area contributed by atoms with E-state index in [-0.39, 0.29) is 31.1 Å². The molecule has 0 heterocycles. The Balaban J connectivity index is 4.31. The molecule has 1 unspecified atom stereocenters. The lowest BCUT2D eigenvalue weighted by Gasteiger charge is -2.18. The molecule has 0 aromatic heterocycles. The topological polar surface area (TPSA) is 78.9 Å². The van der Waals surface area contributed by atoms with Crippen LogP contribution in [-0.4, -0.2) is 37.2 Å². The van der Waals surface area contributed by atoms with Crippen LogP contribution < -0.4 is 0 Å². The average Bonchev–Trinajstić information content (AvgIpc) is 3.28. The van der Waals surface area contributed by atoms with E-state index in [1.165, 1.54) is 180 Å². The maximum Gasteiger partial charge on any atom is 0.306 e. The van der Waals surface area contributed by atoms with Gasteiger partial charge in [-0.3, -0.25) is 14.4 Å². The molecule has 0 radical (unpaired) electrons. The van der Waals surface area contributed by atoms with Crippen LogP contribution in [0.1, 0.15) is 303 Å². The molecule has 0 saturated carbocycles. The summed E-state index contributed by atoms with van der Waals surface area (Å²) in [4.78, 5) is 38.0. The Morgan fingerprint density at radius 3 is 0.810 bits per heavy atom. The SMILES string of the molecule is CCCCCCCC/C=C\CCCCCC(=O)OCC(COC(=O)CCCCCCCCCCCCCCCCCCCCC)OC(=O)CCCCC/C=C\CCCCCCCC. The fraction of sp³-hybridized carbons (Fsp3) is 0.877. The molecule has 6 heteroatoms. The molecule has 0 fully saturated rings. The van der Waals surface area contributed by atoms with Gasteiger partial charge in [-0.05, 0) is 70.6 Å². The molecule has 0 amide bonds. The molecule has 0 N–H and O–H groups in total. The van der Waals surface area contributed by atoms with Gasteiger partial charge in [0.1, 0.15) is 13.2 Å². The molecule has 0 saturated heterocycles. The van der Waals surface area contributed by atoms with Gasteiger partial charge in [-0.1, -0.05) is 238 Å². The molecule has 0 aliphatic rings. The Morgan fingerprint density at radius 2 is 0.524 bits per heavy atom. The first-order chi connectivity index (χ1) is 31.0. The third kappa shape index (κ3) is 50.7. The van der Waals surface area contributed by atoms with Crippen LogP contribution in [0.25, 0.3) is 0 Å². The summed E-state index contributed by atoms with van der Waals surface area (Å²) >= 11 is 0. The van der Waals surface area contributed by atoms with Crippen LogP contribution in [0.3, 0.4) is 0 Å². The number of hydrogen-bond donors (Lipinski definition) is 0. The smallest absolute Gasteiger partial charge is 0.306 e. The van der Waals surface area contributed by atoms with Crippen molar-refractivity contribution in [3.63, 3.8) is 0 Å². The highest BCUT2D eigenvalue weighted by molar-refractivity contribution is 5.71. The van der Waals surface area contributed by atoms with Crippen LogP contribution in [-0.2, 0) is 28.6 Å². The van der Waals surface area contributed by atoms with Crippen molar-refractivity contribution in [2.24, 2.45) is 0 Å². The van der Waals surface area contributed by atoms with E-state index in [0.29, 0.717) is 19.3 Å². The zero-order valence-corrected chi connectivity index (χ0v) is 42.4. The second-order valence-corrected chi connectivity index (χ2v) is 18.8. The lowest BCUT2D eigenvalue weighted by molar-refractivity contribution is -0.167. The van der Waals surface area contributed by atoms with Crippen LogP contribution in [0, 0.1) is 0 Å². The van der Waals surface area contributed by atoms with Gasteiger partial charge >= 0.3 is 17.9 Å². The first-order valence-corrected chi connectivity index (χ1v) is 27.8. The molecule has 1 atom stereocenters. The lowest BCUT2D eigenvalue weighted by Crippen LogP contribution is -2.30. The van der Waals surface area contributed by atoms with Gasteiger partial charge in [-0.25, -0.2) is 0 Å². The zero-order valence-electron chi connectivity index (χ0n) is 42.4. The van der Waals surface area contributed by atoms with Crippen molar-refractivity contribution in [2.45, 2.75) is 309 Å². The highest BCUT2D eigenvalue weighted by Gasteiger charge is 2.19. The maximum atomic E-state index is 12.8. The van der Waals surface area contributed by atoms with Gasteiger partial charge in [0.2, 0.25) is 0 Å². The summed E-state index contributed by atoms with van der Waals surface area (Å²) in [5.41, 5.74) is 0. The predicted molar refractivity (Wildman–Crippen MR) is 270 cm³/mol. The first kappa shape index (κ1) is 60.9. The Morgan fingerprint density at radius 1 is 0.302 bits per heavy atom. The molecule has 0 rings (SSSR count). The third-order valence-corrected chi connectivity index (χ3v) is 12.4. The number of hydrogen-bond acceptors (Lipinski definition) is 6. The van der Waals surface area contributed by atoms with E-state index < -0.39 is 6.10 Å².